The van der Waals surface area contributed by atoms with E-state index < -0.39 is 74.2 Å². The van der Waals surface area contributed by atoms with Crippen LogP contribution in [0.25, 0.3) is 0 Å². The summed E-state index contributed by atoms with van der Waals surface area (Å²) in [5.41, 5.74) is 0. The summed E-state index contributed by atoms with van der Waals surface area (Å²) in [6.07, 6.45) is -13.4. The van der Waals surface area contributed by atoms with Gasteiger partial charge in [0.2, 0.25) is 5.91 Å². The summed E-state index contributed by atoms with van der Waals surface area (Å²) < 4.78 is 10.3. The number of hydrogen-bond acceptors (Lipinski definition) is 11. The summed E-state index contributed by atoms with van der Waals surface area (Å²) in [5.74, 6) is -0.661. The van der Waals surface area contributed by atoms with Crippen LogP contribution in [0.5, 0.6) is 0 Å². The van der Waals surface area contributed by atoms with Crippen LogP contribution in [-0.2, 0) is 19.1 Å². The highest BCUT2D eigenvalue weighted by Gasteiger charge is 2.46. The minimum absolute atomic E-state index is 0.180. The van der Waals surface area contributed by atoms with Crippen LogP contribution in [0.1, 0.15) is 6.92 Å². The zero-order valence-corrected chi connectivity index (χ0v) is 14.0. The topological polar surface area (TPSA) is 206 Å². The number of aldehydes is 1. The highest BCUT2D eigenvalue weighted by Crippen LogP contribution is 2.24. The van der Waals surface area contributed by atoms with Crippen LogP contribution in [0, 0.1) is 0 Å². The van der Waals surface area contributed by atoms with Crippen molar-refractivity contribution in [2.75, 3.05) is 13.2 Å². The van der Waals surface area contributed by atoms with Gasteiger partial charge >= 0.3 is 0 Å². The van der Waals surface area contributed by atoms with Crippen molar-refractivity contribution < 1.29 is 54.8 Å². The molecule has 1 amide bonds. The van der Waals surface area contributed by atoms with Gasteiger partial charge in [0.15, 0.2) is 6.29 Å². The maximum atomic E-state index is 11.1. The predicted molar refractivity (Wildman–Crippen MR) is 81.4 cm³/mol. The van der Waals surface area contributed by atoms with Crippen molar-refractivity contribution >= 4 is 12.2 Å². The largest absolute Gasteiger partial charge is 0.394 e. The lowest BCUT2D eigenvalue weighted by molar-refractivity contribution is -0.324. The number of aliphatic hydroxyl groups is 7. The van der Waals surface area contributed by atoms with Crippen LogP contribution in [0.4, 0.5) is 0 Å². The van der Waals surface area contributed by atoms with Gasteiger partial charge in [-0.05, 0) is 0 Å². The Kier molecular flexibility index (Phi) is 8.95. The Hall–Kier alpha value is -1.22. The van der Waals surface area contributed by atoms with Crippen LogP contribution < -0.4 is 5.32 Å². The lowest BCUT2D eigenvalue weighted by Crippen LogP contribution is -2.62. The van der Waals surface area contributed by atoms with E-state index in [2.05, 4.69) is 5.32 Å². The van der Waals surface area contributed by atoms with E-state index in [1.807, 2.05) is 0 Å². The average molecular weight is 383 g/mol. The third kappa shape index (κ3) is 5.39. The van der Waals surface area contributed by atoms with E-state index in [-0.39, 0.29) is 6.29 Å². The Morgan fingerprint density at radius 2 is 1.81 bits per heavy atom. The number of hydrogen-bond donors (Lipinski definition) is 8. The molecule has 26 heavy (non-hydrogen) atoms. The van der Waals surface area contributed by atoms with E-state index in [1.54, 1.807) is 0 Å². The monoisotopic (exact) mass is 383 g/mol. The van der Waals surface area contributed by atoms with Gasteiger partial charge in [0, 0.05) is 6.92 Å². The van der Waals surface area contributed by atoms with Crippen molar-refractivity contribution in [1.29, 1.82) is 0 Å². The van der Waals surface area contributed by atoms with E-state index in [0.29, 0.717) is 0 Å². The molecule has 9 atom stereocenters. The molecule has 1 fully saturated rings. The summed E-state index contributed by atoms with van der Waals surface area (Å²) in [7, 11) is 0. The normalized spacial score (nSPS) is 33.8. The number of rotatable bonds is 9. The van der Waals surface area contributed by atoms with E-state index in [9.17, 15) is 35.1 Å². The third-order valence-corrected chi connectivity index (χ3v) is 3.93. The molecule has 152 valence electrons. The van der Waals surface area contributed by atoms with Gasteiger partial charge in [0.1, 0.15) is 55.1 Å². The fourth-order valence-electron chi connectivity index (χ4n) is 2.48. The van der Waals surface area contributed by atoms with Gasteiger partial charge in [0.05, 0.1) is 13.2 Å². The third-order valence-electron chi connectivity index (χ3n) is 3.93. The molecule has 1 rings (SSSR count). The first-order valence-corrected chi connectivity index (χ1v) is 7.83. The van der Waals surface area contributed by atoms with Crippen LogP contribution in [0.2, 0.25) is 0 Å². The molecule has 0 bridgehead atoms. The second-order valence-corrected chi connectivity index (χ2v) is 5.90. The molecule has 8 N–H and O–H groups in total. The number of carbonyl (C=O) groups excluding carboxylic acids is 2. The Bertz CT molecular complexity index is 462. The van der Waals surface area contributed by atoms with Crippen molar-refractivity contribution in [2.45, 2.75) is 62.0 Å². The van der Waals surface area contributed by atoms with Crippen LogP contribution in [0.3, 0.4) is 0 Å². The second kappa shape index (κ2) is 10.2. The Morgan fingerprint density at radius 1 is 1.19 bits per heavy atom. The highest BCUT2D eigenvalue weighted by molar-refractivity contribution is 5.77. The molecule has 1 aliphatic heterocycles. The molecule has 0 saturated carbocycles. The van der Waals surface area contributed by atoms with Crippen molar-refractivity contribution in [1.82, 2.24) is 5.32 Å². The Morgan fingerprint density at radius 3 is 2.27 bits per heavy atom. The number of ether oxygens (including phenoxy) is 2. The summed E-state index contributed by atoms with van der Waals surface area (Å²) in [5, 5.41) is 69.9. The molecule has 0 radical (unpaired) electrons. The molecule has 12 heteroatoms. The number of aliphatic hydroxyl groups excluding tert-OH is 7. The minimum Gasteiger partial charge on any atom is -0.394 e. The first-order valence-electron chi connectivity index (χ1n) is 7.83. The molecule has 1 heterocycles. The molecule has 1 saturated heterocycles. The lowest BCUT2D eigenvalue weighted by atomic mass is 9.98. The Balaban J connectivity index is 2.99. The lowest BCUT2D eigenvalue weighted by Gasteiger charge is -2.42. The van der Waals surface area contributed by atoms with Crippen molar-refractivity contribution in [2.24, 2.45) is 0 Å². The first-order chi connectivity index (χ1) is 12.2. The molecule has 1 aliphatic rings. The first kappa shape index (κ1) is 22.8. The van der Waals surface area contributed by atoms with E-state index >= 15 is 0 Å². The average Bonchev–Trinajstić information content (AvgIpc) is 2.62. The van der Waals surface area contributed by atoms with E-state index in [4.69, 9.17) is 19.7 Å². The van der Waals surface area contributed by atoms with Crippen molar-refractivity contribution in [3.05, 3.63) is 0 Å². The molecule has 0 aliphatic carbocycles. The van der Waals surface area contributed by atoms with Crippen LogP contribution in [-0.4, -0.2) is 116 Å². The Labute approximate surface area is 148 Å². The SMILES string of the molecule is CC(=O)N[C@@H](C=O)[C@@H](O)[C@H](O[C@H]1O[C@H](CO)[C@@H](O)[C@H](O)[C@@H]1O)[C@H](O)CO. The molecular formula is C14H25NO11. The quantitative estimate of drug-likeness (QED) is 0.176. The van der Waals surface area contributed by atoms with Gasteiger partial charge in [-0.3, -0.25) is 4.79 Å². The van der Waals surface area contributed by atoms with Gasteiger partial charge in [-0.15, -0.1) is 0 Å². The van der Waals surface area contributed by atoms with Gasteiger partial charge in [-0.2, -0.15) is 0 Å². The number of carbonyl (C=O) groups is 2. The molecule has 0 aromatic carbocycles. The van der Waals surface area contributed by atoms with Crippen LogP contribution >= 0.6 is 0 Å². The van der Waals surface area contributed by atoms with Crippen molar-refractivity contribution in [3.8, 4) is 0 Å². The fourth-order valence-corrected chi connectivity index (χ4v) is 2.48. The summed E-state index contributed by atoms with van der Waals surface area (Å²) in [6, 6.07) is -1.51. The molecule has 0 unspecified atom stereocenters. The van der Waals surface area contributed by atoms with E-state index in [1.165, 1.54) is 0 Å². The maximum absolute atomic E-state index is 11.1. The van der Waals surface area contributed by atoms with Gasteiger partial charge in [-0.1, -0.05) is 0 Å². The summed E-state index contributed by atoms with van der Waals surface area (Å²) in [4.78, 5) is 22.2. The molecule has 12 nitrogen and oxygen atoms in total. The summed E-state index contributed by atoms with van der Waals surface area (Å²) in [6.45, 7) is -0.562. The molecule has 0 spiro atoms. The second-order valence-electron chi connectivity index (χ2n) is 5.90. The van der Waals surface area contributed by atoms with Crippen LogP contribution in [0.15, 0.2) is 0 Å². The fraction of sp³-hybridized carbons (Fsp3) is 0.857. The standard InChI is InChI=1S/C14H25NO11/c1-5(19)15-6(2-16)9(21)13(7(20)3-17)26-14-12(24)11(23)10(22)8(4-18)25-14/h2,6-14,17-18,20-24H,3-4H2,1H3,(H,15,19)/t6-,7+,8+,9+,10+,11-,12-,13+,14+/m0/s1. The molecular weight excluding hydrogens is 358 g/mol. The maximum Gasteiger partial charge on any atom is 0.217 e. The summed E-state index contributed by atoms with van der Waals surface area (Å²) >= 11 is 0. The number of amides is 1. The van der Waals surface area contributed by atoms with E-state index in [0.717, 1.165) is 6.92 Å². The molecule has 0 aromatic rings. The van der Waals surface area contributed by atoms with Crippen molar-refractivity contribution in [3.63, 3.8) is 0 Å². The number of nitrogens with one attached hydrogen (secondary N) is 1. The minimum atomic E-state index is -1.86. The van der Waals surface area contributed by atoms with Gasteiger partial charge in [-0.25, -0.2) is 0 Å². The zero-order chi connectivity index (χ0) is 20.0. The molecule has 0 aromatic heterocycles. The zero-order valence-electron chi connectivity index (χ0n) is 14.0. The van der Waals surface area contributed by atoms with Gasteiger partial charge < -0.3 is 55.3 Å². The smallest absolute Gasteiger partial charge is 0.217 e. The predicted octanol–water partition coefficient (Wildman–Crippen LogP) is -5.41. The highest BCUT2D eigenvalue weighted by atomic mass is 16.7. The van der Waals surface area contributed by atoms with Gasteiger partial charge in [0.25, 0.3) is 0 Å².